The molecule has 0 aliphatic rings. The van der Waals surface area contributed by atoms with E-state index in [-0.39, 0.29) is 17.1 Å². The summed E-state index contributed by atoms with van der Waals surface area (Å²) in [7, 11) is 0. The summed E-state index contributed by atoms with van der Waals surface area (Å²) in [6.45, 7) is 4.21. The highest BCUT2D eigenvalue weighted by atomic mass is 32.2. The molecule has 0 fully saturated rings. The van der Waals surface area contributed by atoms with Crippen molar-refractivity contribution in [3.05, 3.63) is 65.5 Å². The van der Waals surface area contributed by atoms with Gasteiger partial charge in [0.05, 0.1) is 0 Å². The molecule has 0 saturated carbocycles. The SMILES string of the molecule is CCC(N)C(Sc1ccc(F)cc1)c1ccccc1C. The summed E-state index contributed by atoms with van der Waals surface area (Å²) in [6, 6.07) is 15.0. The van der Waals surface area contributed by atoms with Gasteiger partial charge in [-0.3, -0.25) is 0 Å². The van der Waals surface area contributed by atoms with E-state index < -0.39 is 0 Å². The highest BCUT2D eigenvalue weighted by Crippen LogP contribution is 2.39. The molecular weight excluding hydrogens is 269 g/mol. The third kappa shape index (κ3) is 3.62. The molecule has 3 heteroatoms. The molecule has 106 valence electrons. The maximum atomic E-state index is 13.0. The first-order valence-electron chi connectivity index (χ1n) is 6.85. The van der Waals surface area contributed by atoms with Crippen LogP contribution in [-0.2, 0) is 0 Å². The van der Waals surface area contributed by atoms with Crippen molar-refractivity contribution in [3.63, 3.8) is 0 Å². The molecule has 0 amide bonds. The minimum absolute atomic E-state index is 0.0751. The number of hydrogen-bond acceptors (Lipinski definition) is 2. The van der Waals surface area contributed by atoms with Gasteiger partial charge in [-0.25, -0.2) is 4.39 Å². The predicted octanol–water partition coefficient (Wildman–Crippen LogP) is 4.70. The van der Waals surface area contributed by atoms with Crippen LogP contribution in [0, 0.1) is 12.7 Å². The second kappa shape index (κ2) is 6.91. The lowest BCUT2D eigenvalue weighted by Crippen LogP contribution is -2.26. The van der Waals surface area contributed by atoms with Crippen molar-refractivity contribution in [2.24, 2.45) is 5.73 Å². The van der Waals surface area contributed by atoms with E-state index in [1.165, 1.54) is 23.3 Å². The quantitative estimate of drug-likeness (QED) is 0.807. The molecule has 0 radical (unpaired) electrons. The normalized spacial score (nSPS) is 14.0. The molecule has 0 heterocycles. The number of aryl methyl sites for hydroxylation is 1. The second-order valence-electron chi connectivity index (χ2n) is 4.92. The van der Waals surface area contributed by atoms with Gasteiger partial charge in [-0.2, -0.15) is 0 Å². The lowest BCUT2D eigenvalue weighted by atomic mass is 10.00. The van der Waals surface area contributed by atoms with Crippen LogP contribution >= 0.6 is 11.8 Å². The van der Waals surface area contributed by atoms with Gasteiger partial charge in [0.15, 0.2) is 0 Å². The summed E-state index contributed by atoms with van der Waals surface area (Å²) in [5.74, 6) is -0.207. The summed E-state index contributed by atoms with van der Waals surface area (Å²) in [5.41, 5.74) is 8.81. The molecule has 20 heavy (non-hydrogen) atoms. The summed E-state index contributed by atoms with van der Waals surface area (Å²) in [5, 5.41) is 0.187. The van der Waals surface area contributed by atoms with Gasteiger partial charge < -0.3 is 5.73 Å². The van der Waals surface area contributed by atoms with Gasteiger partial charge in [-0.05, 0) is 48.7 Å². The van der Waals surface area contributed by atoms with E-state index in [0.29, 0.717) is 0 Å². The van der Waals surface area contributed by atoms with Crippen LogP contribution in [-0.4, -0.2) is 6.04 Å². The van der Waals surface area contributed by atoms with Crippen LogP contribution < -0.4 is 5.73 Å². The maximum absolute atomic E-state index is 13.0. The minimum Gasteiger partial charge on any atom is -0.326 e. The zero-order valence-corrected chi connectivity index (χ0v) is 12.7. The first-order chi connectivity index (χ1) is 9.61. The molecule has 0 spiro atoms. The lowest BCUT2D eigenvalue weighted by molar-refractivity contribution is 0.625. The number of benzene rings is 2. The van der Waals surface area contributed by atoms with Crippen molar-refractivity contribution in [2.75, 3.05) is 0 Å². The number of hydrogen-bond donors (Lipinski definition) is 1. The Morgan fingerprint density at radius 1 is 1.10 bits per heavy atom. The predicted molar refractivity (Wildman–Crippen MR) is 84.4 cm³/mol. The van der Waals surface area contributed by atoms with E-state index in [0.717, 1.165) is 11.3 Å². The fourth-order valence-electron chi connectivity index (χ4n) is 2.16. The molecule has 2 aromatic rings. The van der Waals surface area contributed by atoms with Gasteiger partial charge >= 0.3 is 0 Å². The summed E-state index contributed by atoms with van der Waals surface area (Å²) in [4.78, 5) is 1.04. The molecule has 2 atom stereocenters. The average Bonchev–Trinajstić information content (AvgIpc) is 2.47. The number of nitrogens with two attached hydrogens (primary N) is 1. The van der Waals surface area contributed by atoms with Gasteiger partial charge in [0.25, 0.3) is 0 Å². The van der Waals surface area contributed by atoms with Gasteiger partial charge in [-0.15, -0.1) is 11.8 Å². The number of thioether (sulfide) groups is 1. The minimum atomic E-state index is -0.207. The Kier molecular flexibility index (Phi) is 5.21. The molecule has 0 bridgehead atoms. The first kappa shape index (κ1) is 15.1. The standard InChI is InChI=1S/C17H20FNS/c1-3-16(19)17(15-7-5-4-6-12(15)2)20-14-10-8-13(18)9-11-14/h4-11,16-17H,3,19H2,1-2H3. The van der Waals surface area contributed by atoms with E-state index in [9.17, 15) is 4.39 Å². The van der Waals surface area contributed by atoms with Gasteiger partial charge in [0, 0.05) is 16.2 Å². The summed E-state index contributed by atoms with van der Waals surface area (Å²) >= 11 is 1.71. The average molecular weight is 289 g/mol. The van der Waals surface area contributed by atoms with E-state index >= 15 is 0 Å². The Morgan fingerprint density at radius 2 is 1.75 bits per heavy atom. The topological polar surface area (TPSA) is 26.0 Å². The zero-order chi connectivity index (χ0) is 14.5. The highest BCUT2D eigenvalue weighted by Gasteiger charge is 2.21. The second-order valence-corrected chi connectivity index (χ2v) is 6.14. The van der Waals surface area contributed by atoms with Crippen molar-refractivity contribution in [1.29, 1.82) is 0 Å². The molecule has 2 aromatic carbocycles. The van der Waals surface area contributed by atoms with E-state index in [1.54, 1.807) is 11.8 Å². The fraction of sp³-hybridized carbons (Fsp3) is 0.294. The fourth-order valence-corrected chi connectivity index (χ4v) is 3.51. The Morgan fingerprint density at radius 3 is 2.35 bits per heavy atom. The largest absolute Gasteiger partial charge is 0.326 e. The zero-order valence-electron chi connectivity index (χ0n) is 11.8. The Labute approximate surface area is 124 Å². The van der Waals surface area contributed by atoms with E-state index in [4.69, 9.17) is 5.73 Å². The molecule has 0 aromatic heterocycles. The molecule has 2 unspecified atom stereocenters. The van der Waals surface area contributed by atoms with Crippen molar-refractivity contribution in [1.82, 2.24) is 0 Å². The smallest absolute Gasteiger partial charge is 0.123 e. The van der Waals surface area contributed by atoms with Crippen LogP contribution in [0.1, 0.15) is 29.7 Å². The molecule has 2 N–H and O–H groups in total. The number of rotatable bonds is 5. The number of halogens is 1. The van der Waals surface area contributed by atoms with Crippen LogP contribution in [0.25, 0.3) is 0 Å². The molecule has 0 aliphatic heterocycles. The highest BCUT2D eigenvalue weighted by molar-refractivity contribution is 7.99. The summed E-state index contributed by atoms with van der Waals surface area (Å²) in [6.07, 6.45) is 0.910. The van der Waals surface area contributed by atoms with E-state index in [2.05, 4.69) is 26.0 Å². The molecule has 2 rings (SSSR count). The van der Waals surface area contributed by atoms with Gasteiger partial charge in [0.2, 0.25) is 0 Å². The Balaban J connectivity index is 2.29. The van der Waals surface area contributed by atoms with Crippen molar-refractivity contribution in [2.45, 2.75) is 36.5 Å². The van der Waals surface area contributed by atoms with Crippen LogP contribution in [0.15, 0.2) is 53.4 Å². The first-order valence-corrected chi connectivity index (χ1v) is 7.73. The third-order valence-electron chi connectivity index (χ3n) is 3.43. The van der Waals surface area contributed by atoms with Crippen molar-refractivity contribution in [3.8, 4) is 0 Å². The van der Waals surface area contributed by atoms with Crippen molar-refractivity contribution < 1.29 is 4.39 Å². The molecular formula is C17H20FNS. The van der Waals surface area contributed by atoms with Gasteiger partial charge in [0.1, 0.15) is 5.82 Å². The van der Waals surface area contributed by atoms with E-state index in [1.807, 2.05) is 24.3 Å². The maximum Gasteiger partial charge on any atom is 0.123 e. The van der Waals surface area contributed by atoms with Crippen molar-refractivity contribution >= 4 is 11.8 Å². The molecule has 0 saturated heterocycles. The molecule has 1 nitrogen and oxygen atoms in total. The Hall–Kier alpha value is -1.32. The van der Waals surface area contributed by atoms with Crippen LogP contribution in [0.3, 0.4) is 0 Å². The Bertz CT molecular complexity index is 553. The van der Waals surface area contributed by atoms with Crippen LogP contribution in [0.2, 0.25) is 0 Å². The van der Waals surface area contributed by atoms with Gasteiger partial charge in [-0.1, -0.05) is 31.2 Å². The lowest BCUT2D eigenvalue weighted by Gasteiger charge is -2.24. The van der Waals surface area contributed by atoms with Crippen LogP contribution in [0.4, 0.5) is 4.39 Å². The van der Waals surface area contributed by atoms with Crippen LogP contribution in [0.5, 0.6) is 0 Å². The third-order valence-corrected chi connectivity index (χ3v) is 4.83. The molecule has 0 aliphatic carbocycles. The monoisotopic (exact) mass is 289 g/mol. The summed E-state index contributed by atoms with van der Waals surface area (Å²) < 4.78 is 13.0.